The smallest absolute Gasteiger partial charge is 0.0615 e. The molecule has 0 fully saturated rings. The Labute approximate surface area is 72.3 Å². The van der Waals surface area contributed by atoms with Gasteiger partial charge in [0.05, 0.1) is 6.61 Å². The third kappa shape index (κ3) is 2.10. The van der Waals surface area contributed by atoms with E-state index in [1.807, 2.05) is 31.2 Å². The number of nitrogen functional groups attached to an aromatic ring is 1. The quantitative estimate of drug-likeness (QED) is 0.650. The zero-order chi connectivity index (χ0) is 8.97. The monoisotopic (exact) mass is 163 g/mol. The van der Waals surface area contributed by atoms with Gasteiger partial charge in [0.1, 0.15) is 0 Å². The van der Waals surface area contributed by atoms with Gasteiger partial charge in [0.15, 0.2) is 0 Å². The second-order valence-corrected chi connectivity index (χ2v) is 2.72. The first-order valence-corrected chi connectivity index (χ1v) is 3.87. The Morgan fingerprint density at radius 1 is 1.50 bits per heavy atom. The third-order valence-corrected chi connectivity index (χ3v) is 1.65. The number of hydrogen-bond acceptors (Lipinski definition) is 2. The highest BCUT2D eigenvalue weighted by Gasteiger charge is 1.93. The summed E-state index contributed by atoms with van der Waals surface area (Å²) in [6.45, 7) is 2.04. The fraction of sp³-hybridized carbons (Fsp3) is 0.200. The zero-order valence-electron chi connectivity index (χ0n) is 7.12. The molecule has 0 unspecified atom stereocenters. The number of rotatable bonds is 2. The Morgan fingerprint density at radius 2 is 2.25 bits per heavy atom. The molecule has 2 nitrogen and oxygen atoms in total. The van der Waals surface area contributed by atoms with Gasteiger partial charge >= 0.3 is 0 Å². The molecule has 0 radical (unpaired) electrons. The van der Waals surface area contributed by atoms with Crippen LogP contribution in [0.2, 0.25) is 0 Å². The van der Waals surface area contributed by atoms with Gasteiger partial charge in [0, 0.05) is 5.69 Å². The van der Waals surface area contributed by atoms with Gasteiger partial charge in [-0.2, -0.15) is 0 Å². The van der Waals surface area contributed by atoms with E-state index in [9.17, 15) is 0 Å². The standard InChI is InChI=1S/C10H13NO/c1-8-4-5-9(3-2-6-12)10(11)7-8/h2-5,7,12H,6,11H2,1H3/b3-2+. The molecule has 0 aliphatic carbocycles. The third-order valence-electron chi connectivity index (χ3n) is 1.65. The van der Waals surface area contributed by atoms with Crippen LogP contribution in [0, 0.1) is 6.92 Å². The number of aliphatic hydroxyl groups excluding tert-OH is 1. The van der Waals surface area contributed by atoms with Crippen LogP contribution in [0.4, 0.5) is 5.69 Å². The van der Waals surface area contributed by atoms with Crippen LogP contribution in [0.5, 0.6) is 0 Å². The van der Waals surface area contributed by atoms with Crippen molar-refractivity contribution in [2.75, 3.05) is 12.3 Å². The van der Waals surface area contributed by atoms with E-state index in [2.05, 4.69) is 0 Å². The van der Waals surface area contributed by atoms with Gasteiger partial charge in [-0.3, -0.25) is 0 Å². The van der Waals surface area contributed by atoms with Crippen molar-refractivity contribution in [2.24, 2.45) is 0 Å². The first kappa shape index (κ1) is 8.81. The van der Waals surface area contributed by atoms with Gasteiger partial charge in [-0.25, -0.2) is 0 Å². The van der Waals surface area contributed by atoms with Crippen LogP contribution in [0.25, 0.3) is 6.08 Å². The minimum atomic E-state index is 0.0489. The fourth-order valence-electron chi connectivity index (χ4n) is 1.03. The maximum Gasteiger partial charge on any atom is 0.0615 e. The van der Waals surface area contributed by atoms with Gasteiger partial charge in [0.25, 0.3) is 0 Å². The lowest BCUT2D eigenvalue weighted by Crippen LogP contribution is -1.89. The number of nitrogens with two attached hydrogens (primary N) is 1. The first-order chi connectivity index (χ1) is 5.74. The number of aliphatic hydroxyl groups is 1. The lowest BCUT2D eigenvalue weighted by molar-refractivity contribution is 0.343. The molecule has 0 amide bonds. The fourth-order valence-corrected chi connectivity index (χ4v) is 1.03. The second-order valence-electron chi connectivity index (χ2n) is 2.72. The minimum absolute atomic E-state index is 0.0489. The molecule has 12 heavy (non-hydrogen) atoms. The predicted octanol–water partition coefficient (Wildman–Crippen LogP) is 1.58. The van der Waals surface area contributed by atoms with Gasteiger partial charge in [-0.05, 0) is 24.1 Å². The second kappa shape index (κ2) is 3.93. The Bertz CT molecular complexity index is 292. The highest BCUT2D eigenvalue weighted by atomic mass is 16.2. The van der Waals surface area contributed by atoms with E-state index in [-0.39, 0.29) is 6.61 Å². The van der Waals surface area contributed by atoms with E-state index < -0.39 is 0 Å². The number of anilines is 1. The molecule has 1 aromatic rings. The Kier molecular flexibility index (Phi) is 2.88. The van der Waals surface area contributed by atoms with Crippen molar-refractivity contribution in [3.63, 3.8) is 0 Å². The van der Waals surface area contributed by atoms with Crippen LogP contribution >= 0.6 is 0 Å². The summed E-state index contributed by atoms with van der Waals surface area (Å²) in [6.07, 6.45) is 3.48. The normalized spacial score (nSPS) is 10.8. The molecule has 0 saturated heterocycles. The number of hydrogen-bond donors (Lipinski definition) is 2. The highest BCUT2D eigenvalue weighted by Crippen LogP contribution is 2.14. The van der Waals surface area contributed by atoms with Gasteiger partial charge in [0.2, 0.25) is 0 Å². The summed E-state index contributed by atoms with van der Waals surface area (Å²) in [6, 6.07) is 5.85. The molecule has 0 spiro atoms. The van der Waals surface area contributed by atoms with Crippen LogP contribution in [0.1, 0.15) is 11.1 Å². The van der Waals surface area contributed by atoms with E-state index in [0.717, 1.165) is 16.8 Å². The van der Waals surface area contributed by atoms with Gasteiger partial charge in [-0.1, -0.05) is 24.3 Å². The van der Waals surface area contributed by atoms with E-state index in [4.69, 9.17) is 10.8 Å². The van der Waals surface area contributed by atoms with Crippen molar-refractivity contribution in [2.45, 2.75) is 6.92 Å². The maximum absolute atomic E-state index is 8.55. The molecule has 64 valence electrons. The SMILES string of the molecule is Cc1ccc(/C=C/CO)c(N)c1. The maximum atomic E-state index is 8.55. The van der Waals surface area contributed by atoms with Crippen LogP contribution < -0.4 is 5.73 Å². The lowest BCUT2D eigenvalue weighted by atomic mass is 10.1. The van der Waals surface area contributed by atoms with Crippen LogP contribution in [-0.2, 0) is 0 Å². The van der Waals surface area contributed by atoms with Crippen molar-refractivity contribution < 1.29 is 5.11 Å². The van der Waals surface area contributed by atoms with Crippen molar-refractivity contribution in [3.8, 4) is 0 Å². The van der Waals surface area contributed by atoms with Gasteiger partial charge < -0.3 is 10.8 Å². The summed E-state index contributed by atoms with van der Waals surface area (Å²) in [5.41, 5.74) is 8.58. The summed E-state index contributed by atoms with van der Waals surface area (Å²) in [4.78, 5) is 0. The summed E-state index contributed by atoms with van der Waals surface area (Å²) in [5, 5.41) is 8.55. The molecule has 0 bridgehead atoms. The number of benzene rings is 1. The van der Waals surface area contributed by atoms with Crippen LogP contribution in [0.15, 0.2) is 24.3 Å². The first-order valence-electron chi connectivity index (χ1n) is 3.87. The predicted molar refractivity (Wildman–Crippen MR) is 51.7 cm³/mol. The van der Waals surface area contributed by atoms with E-state index in [0.29, 0.717) is 0 Å². The van der Waals surface area contributed by atoms with Crippen molar-refractivity contribution >= 4 is 11.8 Å². The summed E-state index contributed by atoms with van der Waals surface area (Å²) in [5.74, 6) is 0. The molecule has 0 aliphatic rings. The van der Waals surface area contributed by atoms with E-state index in [1.165, 1.54) is 0 Å². The van der Waals surface area contributed by atoms with Gasteiger partial charge in [-0.15, -0.1) is 0 Å². The number of aryl methyl sites for hydroxylation is 1. The summed E-state index contributed by atoms with van der Waals surface area (Å²) in [7, 11) is 0. The summed E-state index contributed by atoms with van der Waals surface area (Å²) < 4.78 is 0. The molecule has 0 aromatic heterocycles. The highest BCUT2D eigenvalue weighted by molar-refractivity contribution is 5.65. The minimum Gasteiger partial charge on any atom is -0.398 e. The summed E-state index contributed by atoms with van der Waals surface area (Å²) >= 11 is 0. The lowest BCUT2D eigenvalue weighted by Gasteiger charge is -2.00. The molecular formula is C10H13NO. The molecule has 0 heterocycles. The Balaban J connectivity index is 2.94. The molecular weight excluding hydrogens is 150 g/mol. The zero-order valence-corrected chi connectivity index (χ0v) is 7.12. The van der Waals surface area contributed by atoms with Crippen molar-refractivity contribution in [3.05, 3.63) is 35.4 Å². The molecule has 3 N–H and O–H groups in total. The van der Waals surface area contributed by atoms with Crippen LogP contribution in [0.3, 0.4) is 0 Å². The molecule has 0 saturated carbocycles. The largest absolute Gasteiger partial charge is 0.398 e. The van der Waals surface area contributed by atoms with Crippen molar-refractivity contribution in [1.82, 2.24) is 0 Å². The van der Waals surface area contributed by atoms with E-state index >= 15 is 0 Å². The molecule has 0 atom stereocenters. The molecule has 0 aliphatic heterocycles. The molecule has 1 rings (SSSR count). The van der Waals surface area contributed by atoms with Crippen molar-refractivity contribution in [1.29, 1.82) is 0 Å². The molecule has 2 heteroatoms. The average Bonchev–Trinajstić information content (AvgIpc) is 2.03. The van der Waals surface area contributed by atoms with Crippen LogP contribution in [-0.4, -0.2) is 11.7 Å². The Morgan fingerprint density at radius 3 is 2.83 bits per heavy atom. The average molecular weight is 163 g/mol. The Hall–Kier alpha value is -1.28. The van der Waals surface area contributed by atoms with E-state index in [1.54, 1.807) is 6.08 Å². The molecule has 1 aromatic carbocycles. The topological polar surface area (TPSA) is 46.2 Å².